The van der Waals surface area contributed by atoms with Crippen molar-refractivity contribution in [3.63, 3.8) is 0 Å². The van der Waals surface area contributed by atoms with Crippen LogP contribution in [0.2, 0.25) is 0 Å². The fourth-order valence-electron chi connectivity index (χ4n) is 1.33. The lowest BCUT2D eigenvalue weighted by molar-refractivity contribution is 0.281. The maximum atomic E-state index is 11.4. The van der Waals surface area contributed by atoms with Crippen LogP contribution in [0.4, 0.5) is 0 Å². The van der Waals surface area contributed by atoms with Gasteiger partial charge in [-0.2, -0.15) is 0 Å². The van der Waals surface area contributed by atoms with Crippen LogP contribution in [0.3, 0.4) is 0 Å². The second kappa shape index (κ2) is 3.03. The van der Waals surface area contributed by atoms with Crippen molar-refractivity contribution in [1.29, 1.82) is 0 Å². The van der Waals surface area contributed by atoms with E-state index in [1.54, 1.807) is 22.7 Å². The molecule has 0 atom stereocenters. The molecule has 0 bridgehead atoms. The molecule has 0 saturated carbocycles. The minimum absolute atomic E-state index is 0.0966. The molecule has 0 aliphatic heterocycles. The van der Waals surface area contributed by atoms with E-state index in [9.17, 15) is 4.79 Å². The first-order valence-electron chi connectivity index (χ1n) is 4.02. The molecule has 0 unspecified atom stereocenters. The third kappa shape index (κ3) is 1.34. The Kier molecular flexibility index (Phi) is 1.87. The molecule has 3 nitrogen and oxygen atoms in total. The molecule has 13 heavy (non-hydrogen) atoms. The normalized spacial score (nSPS) is 10.5. The monoisotopic (exact) mass is 175 g/mol. The van der Waals surface area contributed by atoms with Gasteiger partial charge in [-0.15, -0.1) is 0 Å². The summed E-state index contributed by atoms with van der Waals surface area (Å²) in [6.07, 6.45) is 1.71. The average molecular weight is 175 g/mol. The lowest BCUT2D eigenvalue weighted by Gasteiger charge is -2.01. The zero-order valence-corrected chi connectivity index (χ0v) is 6.97. The summed E-state index contributed by atoms with van der Waals surface area (Å²) in [4.78, 5) is 11.4. The number of nitrogens with zero attached hydrogens (tertiary/aromatic N) is 1. The zero-order chi connectivity index (χ0) is 9.26. The van der Waals surface area contributed by atoms with Crippen LogP contribution in [-0.4, -0.2) is 9.51 Å². The second-order valence-electron chi connectivity index (χ2n) is 2.86. The molecule has 0 aliphatic rings. The van der Waals surface area contributed by atoms with Gasteiger partial charge in [0.25, 0.3) is 5.56 Å². The number of rotatable bonds is 1. The summed E-state index contributed by atoms with van der Waals surface area (Å²) in [7, 11) is 0. The zero-order valence-electron chi connectivity index (χ0n) is 6.97. The molecular formula is C10H9NO2. The Morgan fingerprint density at radius 3 is 2.92 bits per heavy atom. The second-order valence-corrected chi connectivity index (χ2v) is 2.86. The van der Waals surface area contributed by atoms with E-state index in [0.29, 0.717) is 5.56 Å². The Morgan fingerprint density at radius 2 is 2.15 bits per heavy atom. The van der Waals surface area contributed by atoms with E-state index in [1.165, 1.54) is 6.07 Å². The van der Waals surface area contributed by atoms with Gasteiger partial charge in [-0.25, -0.2) is 0 Å². The number of aliphatic hydroxyl groups excluding tert-OH is 1. The number of hydrogen-bond acceptors (Lipinski definition) is 2. The van der Waals surface area contributed by atoms with Gasteiger partial charge in [-0.3, -0.25) is 9.20 Å². The van der Waals surface area contributed by atoms with E-state index >= 15 is 0 Å². The van der Waals surface area contributed by atoms with Crippen LogP contribution in [0.25, 0.3) is 5.52 Å². The molecule has 66 valence electrons. The van der Waals surface area contributed by atoms with Crippen molar-refractivity contribution in [3.05, 3.63) is 52.4 Å². The van der Waals surface area contributed by atoms with Crippen LogP contribution in [0.1, 0.15) is 5.56 Å². The van der Waals surface area contributed by atoms with Crippen LogP contribution in [0, 0.1) is 0 Å². The Morgan fingerprint density at radius 1 is 1.31 bits per heavy atom. The van der Waals surface area contributed by atoms with E-state index in [2.05, 4.69) is 0 Å². The molecule has 2 heterocycles. The molecule has 3 heteroatoms. The van der Waals surface area contributed by atoms with Crippen molar-refractivity contribution < 1.29 is 5.11 Å². The molecule has 0 aliphatic carbocycles. The molecule has 1 N–H and O–H groups in total. The van der Waals surface area contributed by atoms with E-state index in [4.69, 9.17) is 5.11 Å². The largest absolute Gasteiger partial charge is 0.392 e. The third-order valence-corrected chi connectivity index (χ3v) is 1.95. The fraction of sp³-hybridized carbons (Fsp3) is 0.100. The number of hydrogen-bond donors (Lipinski definition) is 1. The van der Waals surface area contributed by atoms with Gasteiger partial charge in [0.2, 0.25) is 0 Å². The van der Waals surface area contributed by atoms with Crippen molar-refractivity contribution >= 4 is 5.52 Å². The smallest absolute Gasteiger partial charge is 0.255 e. The highest BCUT2D eigenvalue weighted by molar-refractivity contribution is 5.48. The standard InChI is InChI=1S/C10H9NO2/c12-7-8-5-9-3-1-2-4-11(9)10(13)6-8/h1-6,12H,7H2. The predicted molar refractivity (Wildman–Crippen MR) is 49.6 cm³/mol. The lowest BCUT2D eigenvalue weighted by atomic mass is 10.2. The van der Waals surface area contributed by atoms with Crippen molar-refractivity contribution in [2.75, 3.05) is 0 Å². The topological polar surface area (TPSA) is 41.7 Å². The van der Waals surface area contributed by atoms with Crippen LogP contribution in [0.5, 0.6) is 0 Å². The summed E-state index contributed by atoms with van der Waals surface area (Å²) < 4.78 is 1.54. The van der Waals surface area contributed by atoms with Crippen LogP contribution in [0.15, 0.2) is 41.3 Å². The summed E-state index contributed by atoms with van der Waals surface area (Å²) >= 11 is 0. The summed E-state index contributed by atoms with van der Waals surface area (Å²) in [6.45, 7) is -0.0966. The maximum absolute atomic E-state index is 11.4. The van der Waals surface area contributed by atoms with E-state index in [0.717, 1.165) is 5.52 Å². The molecule has 0 radical (unpaired) electrons. The highest BCUT2D eigenvalue weighted by atomic mass is 16.3. The molecule has 0 aromatic carbocycles. The number of aliphatic hydroxyl groups is 1. The molecule has 0 amide bonds. The SMILES string of the molecule is O=c1cc(CO)cc2ccccn12. The molecular weight excluding hydrogens is 166 g/mol. The summed E-state index contributed by atoms with van der Waals surface area (Å²) in [5.74, 6) is 0. The van der Waals surface area contributed by atoms with Gasteiger partial charge in [0.15, 0.2) is 0 Å². The average Bonchev–Trinajstić information content (AvgIpc) is 2.18. The van der Waals surface area contributed by atoms with Gasteiger partial charge in [0, 0.05) is 17.8 Å². The van der Waals surface area contributed by atoms with Crippen molar-refractivity contribution in [2.45, 2.75) is 6.61 Å². The molecule has 2 aromatic rings. The first-order valence-corrected chi connectivity index (χ1v) is 4.02. The Labute approximate surface area is 74.9 Å². The quantitative estimate of drug-likeness (QED) is 0.696. The van der Waals surface area contributed by atoms with Gasteiger partial charge in [0.1, 0.15) is 0 Å². The molecule has 0 spiro atoms. The Hall–Kier alpha value is -1.61. The summed E-state index contributed by atoms with van der Waals surface area (Å²) in [5.41, 5.74) is 1.34. The Bertz CT molecular complexity index is 487. The summed E-state index contributed by atoms with van der Waals surface area (Å²) in [5, 5.41) is 8.87. The van der Waals surface area contributed by atoms with Crippen molar-refractivity contribution in [2.24, 2.45) is 0 Å². The number of aromatic nitrogens is 1. The minimum Gasteiger partial charge on any atom is -0.392 e. The lowest BCUT2D eigenvalue weighted by Crippen LogP contribution is -2.12. The number of pyridine rings is 2. The van der Waals surface area contributed by atoms with E-state index < -0.39 is 0 Å². The fourth-order valence-corrected chi connectivity index (χ4v) is 1.33. The van der Waals surface area contributed by atoms with Gasteiger partial charge >= 0.3 is 0 Å². The maximum Gasteiger partial charge on any atom is 0.255 e. The van der Waals surface area contributed by atoms with Crippen LogP contribution < -0.4 is 5.56 Å². The van der Waals surface area contributed by atoms with Crippen LogP contribution in [-0.2, 0) is 6.61 Å². The van der Waals surface area contributed by atoms with Gasteiger partial charge in [-0.05, 0) is 23.8 Å². The van der Waals surface area contributed by atoms with E-state index in [-0.39, 0.29) is 12.2 Å². The van der Waals surface area contributed by atoms with Gasteiger partial charge < -0.3 is 5.11 Å². The first-order chi connectivity index (χ1) is 6.31. The first kappa shape index (κ1) is 8.01. The minimum atomic E-state index is -0.109. The molecule has 0 saturated heterocycles. The van der Waals surface area contributed by atoms with Crippen LogP contribution >= 0.6 is 0 Å². The van der Waals surface area contributed by atoms with Gasteiger partial charge in [-0.1, -0.05) is 6.07 Å². The summed E-state index contributed by atoms with van der Waals surface area (Å²) in [6, 6.07) is 8.72. The Balaban J connectivity index is 2.85. The number of fused-ring (bicyclic) bond motifs is 1. The van der Waals surface area contributed by atoms with Crippen molar-refractivity contribution in [3.8, 4) is 0 Å². The third-order valence-electron chi connectivity index (χ3n) is 1.95. The van der Waals surface area contributed by atoms with E-state index in [1.807, 2.05) is 12.1 Å². The van der Waals surface area contributed by atoms with Crippen molar-refractivity contribution in [1.82, 2.24) is 4.40 Å². The molecule has 2 rings (SSSR count). The molecule has 2 aromatic heterocycles. The highest BCUT2D eigenvalue weighted by Crippen LogP contribution is 2.03. The molecule has 0 fully saturated rings. The van der Waals surface area contributed by atoms with Gasteiger partial charge in [0.05, 0.1) is 6.61 Å². The highest BCUT2D eigenvalue weighted by Gasteiger charge is 1.97. The predicted octanol–water partition coefficient (Wildman–Crippen LogP) is 0.792.